The van der Waals surface area contributed by atoms with Crippen LogP contribution in [0.25, 0.3) is 10.9 Å². The van der Waals surface area contributed by atoms with Crippen LogP contribution in [0.5, 0.6) is 0 Å². The molecule has 118 valence electrons. The molecule has 1 saturated heterocycles. The molecule has 3 rings (SSSR count). The van der Waals surface area contributed by atoms with Gasteiger partial charge in [-0.2, -0.15) is 13.2 Å². The Labute approximate surface area is 124 Å². The number of aromatic nitrogens is 1. The van der Waals surface area contributed by atoms with E-state index in [1.54, 1.807) is 6.20 Å². The Morgan fingerprint density at radius 2 is 2.09 bits per heavy atom. The third kappa shape index (κ3) is 2.45. The highest BCUT2D eigenvalue weighted by atomic mass is 19.4. The lowest BCUT2D eigenvalue weighted by atomic mass is 10.0. The predicted octanol–water partition coefficient (Wildman–Crippen LogP) is 2.24. The topological polar surface area (TPSA) is 56.3 Å². The highest BCUT2D eigenvalue weighted by molar-refractivity contribution is 5.89. The van der Waals surface area contributed by atoms with Gasteiger partial charge in [0, 0.05) is 30.1 Å². The Kier molecular flexibility index (Phi) is 3.40. The number of H-pyrrole nitrogens is 1. The van der Waals surface area contributed by atoms with Crippen molar-refractivity contribution in [2.75, 3.05) is 13.1 Å². The van der Waals surface area contributed by atoms with Crippen LogP contribution in [-0.4, -0.2) is 45.8 Å². The number of likely N-dealkylation sites (tertiary alicyclic amines) is 1. The molecule has 2 aromatic rings. The second-order valence-corrected chi connectivity index (χ2v) is 5.63. The van der Waals surface area contributed by atoms with Gasteiger partial charge in [-0.25, -0.2) is 0 Å². The Balaban J connectivity index is 1.74. The van der Waals surface area contributed by atoms with E-state index in [0.717, 1.165) is 21.4 Å². The normalized spacial score (nSPS) is 22.5. The van der Waals surface area contributed by atoms with Crippen LogP contribution >= 0.6 is 0 Å². The number of para-hydroxylation sites is 1. The van der Waals surface area contributed by atoms with Gasteiger partial charge in [-0.15, -0.1) is 0 Å². The van der Waals surface area contributed by atoms with Crippen molar-refractivity contribution in [1.29, 1.82) is 0 Å². The van der Waals surface area contributed by atoms with Gasteiger partial charge in [0.05, 0.1) is 13.0 Å². The van der Waals surface area contributed by atoms with Gasteiger partial charge in [-0.05, 0) is 11.6 Å². The maximum Gasteiger partial charge on any atom is 0.419 e. The molecule has 7 heteroatoms. The first-order valence-electron chi connectivity index (χ1n) is 6.92. The number of aliphatic hydroxyl groups is 1. The average Bonchev–Trinajstić information content (AvgIpc) is 3.04. The van der Waals surface area contributed by atoms with E-state index in [4.69, 9.17) is 0 Å². The van der Waals surface area contributed by atoms with E-state index in [1.165, 1.54) is 0 Å². The number of carbonyl (C=O) groups excluding carboxylic acids is 1. The summed E-state index contributed by atoms with van der Waals surface area (Å²) in [5, 5.41) is 10.5. The number of nitrogens with one attached hydrogen (secondary N) is 1. The molecule has 1 aromatic carbocycles. The fraction of sp³-hybridized carbons (Fsp3) is 0.400. The zero-order chi connectivity index (χ0) is 16.0. The molecule has 0 radical (unpaired) electrons. The molecule has 0 unspecified atom stereocenters. The Hall–Kier alpha value is -2.02. The van der Waals surface area contributed by atoms with Crippen LogP contribution in [0.15, 0.2) is 30.5 Å². The standard InChI is InChI=1S/C15H15F3N2O2/c16-15(17,18)14(22)5-6-20(9-14)13(21)7-10-8-19-12-4-2-1-3-11(10)12/h1-4,8,19,22H,5-7,9H2/t14-/m1/s1. The van der Waals surface area contributed by atoms with Gasteiger partial charge in [0.1, 0.15) is 0 Å². The van der Waals surface area contributed by atoms with Crippen LogP contribution in [0.3, 0.4) is 0 Å². The lowest BCUT2D eigenvalue weighted by Gasteiger charge is -2.25. The number of hydrogen-bond acceptors (Lipinski definition) is 2. The van der Waals surface area contributed by atoms with E-state index in [9.17, 15) is 23.1 Å². The molecule has 0 spiro atoms. The summed E-state index contributed by atoms with van der Waals surface area (Å²) in [6.07, 6.45) is -3.49. The summed E-state index contributed by atoms with van der Waals surface area (Å²) >= 11 is 0. The fourth-order valence-corrected chi connectivity index (χ4v) is 2.79. The Morgan fingerprint density at radius 3 is 2.77 bits per heavy atom. The number of aromatic amines is 1. The second kappa shape index (κ2) is 5.01. The minimum Gasteiger partial charge on any atom is -0.379 e. The molecule has 0 aliphatic carbocycles. The van der Waals surface area contributed by atoms with Gasteiger partial charge in [0.25, 0.3) is 0 Å². The van der Waals surface area contributed by atoms with Crippen LogP contribution in [0.1, 0.15) is 12.0 Å². The zero-order valence-corrected chi connectivity index (χ0v) is 11.7. The molecule has 2 N–H and O–H groups in total. The van der Waals surface area contributed by atoms with E-state index in [-0.39, 0.29) is 13.0 Å². The summed E-state index contributed by atoms with van der Waals surface area (Å²) in [7, 11) is 0. The number of halogens is 3. The van der Waals surface area contributed by atoms with Crippen LogP contribution in [0.4, 0.5) is 13.2 Å². The lowest BCUT2D eigenvalue weighted by molar-refractivity contribution is -0.253. The van der Waals surface area contributed by atoms with Gasteiger partial charge >= 0.3 is 6.18 Å². The average molecular weight is 312 g/mol. The highest BCUT2D eigenvalue weighted by Gasteiger charge is 2.57. The predicted molar refractivity (Wildman–Crippen MR) is 74.2 cm³/mol. The third-order valence-electron chi connectivity index (χ3n) is 4.14. The molecule has 0 bridgehead atoms. The minimum atomic E-state index is -4.72. The molecule has 1 aliphatic heterocycles. The summed E-state index contributed by atoms with van der Waals surface area (Å²) in [6, 6.07) is 7.41. The van der Waals surface area contributed by atoms with E-state index in [0.29, 0.717) is 0 Å². The maximum absolute atomic E-state index is 12.8. The van der Waals surface area contributed by atoms with E-state index in [1.807, 2.05) is 24.3 Å². The molecule has 1 fully saturated rings. The first-order valence-corrected chi connectivity index (χ1v) is 6.92. The van der Waals surface area contributed by atoms with Gasteiger partial charge in [0.15, 0.2) is 5.60 Å². The summed E-state index contributed by atoms with van der Waals surface area (Å²) in [5.74, 6) is -0.412. The number of nitrogens with zero attached hydrogens (tertiary/aromatic N) is 1. The van der Waals surface area contributed by atoms with Crippen molar-refractivity contribution >= 4 is 16.8 Å². The van der Waals surface area contributed by atoms with Crippen molar-refractivity contribution in [3.8, 4) is 0 Å². The quantitative estimate of drug-likeness (QED) is 0.893. The maximum atomic E-state index is 12.8. The van der Waals surface area contributed by atoms with Gasteiger partial charge in [0.2, 0.25) is 5.91 Å². The van der Waals surface area contributed by atoms with Gasteiger partial charge in [-0.3, -0.25) is 4.79 Å². The molecule has 2 heterocycles. The van der Waals surface area contributed by atoms with Crippen molar-refractivity contribution < 1.29 is 23.1 Å². The van der Waals surface area contributed by atoms with Crippen molar-refractivity contribution in [3.05, 3.63) is 36.0 Å². The number of β-amino-alcohol motifs (C(OH)–C–C–N with tert-alkyl or cyclic N) is 1. The zero-order valence-electron chi connectivity index (χ0n) is 11.7. The molecular weight excluding hydrogens is 297 g/mol. The second-order valence-electron chi connectivity index (χ2n) is 5.63. The Bertz CT molecular complexity index is 710. The number of hydrogen-bond donors (Lipinski definition) is 2. The molecular formula is C15H15F3N2O2. The Morgan fingerprint density at radius 1 is 1.36 bits per heavy atom. The molecule has 1 amide bonds. The molecule has 1 aromatic heterocycles. The molecule has 1 aliphatic rings. The molecule has 4 nitrogen and oxygen atoms in total. The minimum absolute atomic E-state index is 0.0119. The summed E-state index contributed by atoms with van der Waals surface area (Å²) < 4.78 is 38.3. The smallest absolute Gasteiger partial charge is 0.379 e. The highest BCUT2D eigenvalue weighted by Crippen LogP contribution is 2.37. The third-order valence-corrected chi connectivity index (χ3v) is 4.14. The van der Waals surface area contributed by atoms with Crippen LogP contribution in [0, 0.1) is 0 Å². The number of fused-ring (bicyclic) bond motifs is 1. The van der Waals surface area contributed by atoms with E-state index in [2.05, 4.69) is 4.98 Å². The van der Waals surface area contributed by atoms with Crippen LogP contribution in [-0.2, 0) is 11.2 Å². The number of rotatable bonds is 2. The van der Waals surface area contributed by atoms with E-state index >= 15 is 0 Å². The fourth-order valence-electron chi connectivity index (χ4n) is 2.79. The summed E-state index contributed by atoms with van der Waals surface area (Å²) in [4.78, 5) is 16.3. The number of benzene rings is 1. The number of carbonyl (C=O) groups is 1. The molecule has 22 heavy (non-hydrogen) atoms. The largest absolute Gasteiger partial charge is 0.419 e. The van der Waals surface area contributed by atoms with Gasteiger partial charge < -0.3 is 15.0 Å². The lowest BCUT2D eigenvalue weighted by Crippen LogP contribution is -2.48. The van der Waals surface area contributed by atoms with Crippen molar-refractivity contribution in [1.82, 2.24) is 9.88 Å². The van der Waals surface area contributed by atoms with E-state index < -0.39 is 30.7 Å². The van der Waals surface area contributed by atoms with Crippen LogP contribution in [0.2, 0.25) is 0 Å². The van der Waals surface area contributed by atoms with Crippen molar-refractivity contribution in [2.24, 2.45) is 0 Å². The number of amides is 1. The monoisotopic (exact) mass is 312 g/mol. The van der Waals surface area contributed by atoms with Gasteiger partial charge in [-0.1, -0.05) is 18.2 Å². The number of alkyl halides is 3. The molecule has 0 saturated carbocycles. The van der Waals surface area contributed by atoms with Crippen LogP contribution < -0.4 is 0 Å². The first kappa shape index (κ1) is 14.9. The SMILES string of the molecule is O=C(Cc1c[nH]c2ccccc12)N1CC[C@](O)(C(F)(F)F)C1. The van der Waals surface area contributed by atoms with Crippen molar-refractivity contribution in [2.45, 2.75) is 24.6 Å². The summed E-state index contributed by atoms with van der Waals surface area (Å²) in [6.45, 7) is -0.783. The first-order chi connectivity index (χ1) is 10.3. The molecule has 1 atom stereocenters. The summed E-state index contributed by atoms with van der Waals surface area (Å²) in [5.41, 5.74) is -1.18. The van der Waals surface area contributed by atoms with Crippen molar-refractivity contribution in [3.63, 3.8) is 0 Å².